The van der Waals surface area contributed by atoms with Gasteiger partial charge in [-0.05, 0) is 11.5 Å². The topological polar surface area (TPSA) is 67.9 Å². The summed E-state index contributed by atoms with van der Waals surface area (Å²) in [4.78, 5) is 25.0. The molecule has 3 rings (SSSR count). The van der Waals surface area contributed by atoms with Crippen molar-refractivity contribution in [2.45, 2.75) is 19.8 Å². The van der Waals surface area contributed by atoms with Gasteiger partial charge in [0.05, 0.1) is 0 Å². The van der Waals surface area contributed by atoms with Crippen LogP contribution in [0.15, 0.2) is 42.5 Å². The Kier molecular flexibility index (Phi) is 4.40. The lowest BCUT2D eigenvalue weighted by Gasteiger charge is -2.35. The van der Waals surface area contributed by atoms with Crippen molar-refractivity contribution < 1.29 is 19.1 Å². The molecule has 24 heavy (non-hydrogen) atoms. The molecule has 0 amide bonds. The molecule has 0 aromatic heterocycles. The monoisotopic (exact) mass is 328 g/mol. The van der Waals surface area contributed by atoms with E-state index in [4.69, 9.17) is 9.47 Å². The first-order chi connectivity index (χ1) is 11.6. The van der Waals surface area contributed by atoms with Gasteiger partial charge >= 0.3 is 17.8 Å². The maximum absolute atomic E-state index is 11.6. The summed E-state index contributed by atoms with van der Waals surface area (Å²) in [5, 5.41) is 5.41. The molecule has 0 saturated carbocycles. The minimum atomic E-state index is -1.41. The quantitative estimate of drug-likeness (QED) is 0.648. The van der Waals surface area contributed by atoms with Crippen molar-refractivity contribution in [3.05, 3.63) is 42.5 Å². The number of rotatable bonds is 6. The Labute approximate surface area is 140 Å². The second-order valence-electron chi connectivity index (χ2n) is 5.54. The number of cyclic esters (lactones) is 2. The number of carbonyl (C=O) groups is 2. The third-order valence-electron chi connectivity index (χ3n) is 4.21. The van der Waals surface area contributed by atoms with Gasteiger partial charge in [0.15, 0.2) is 0 Å². The summed E-state index contributed by atoms with van der Waals surface area (Å²) in [6.07, 6.45) is 0. The third kappa shape index (κ3) is 2.80. The van der Waals surface area contributed by atoms with Gasteiger partial charge < -0.3 is 14.8 Å². The molecule has 1 aliphatic heterocycles. The van der Waals surface area contributed by atoms with Gasteiger partial charge in [-0.25, -0.2) is 14.5 Å². The Morgan fingerprint density at radius 2 is 1.58 bits per heavy atom. The predicted octanol–water partition coefficient (Wildman–Crippen LogP) is 2.35. The normalized spacial score (nSPS) is 16.3. The smallest absolute Gasteiger partial charge is 0.398 e. The van der Waals surface area contributed by atoms with Crippen LogP contribution in [0.4, 0.5) is 5.69 Å². The average Bonchev–Trinajstić information content (AvgIpc) is 2.89. The number of esters is 2. The Morgan fingerprint density at radius 3 is 2.25 bits per heavy atom. The molecule has 126 valence electrons. The molecule has 0 atom stereocenters. The number of hydrogen-bond acceptors (Lipinski definition) is 6. The van der Waals surface area contributed by atoms with Crippen molar-refractivity contribution in [3.8, 4) is 0 Å². The Morgan fingerprint density at radius 1 is 0.958 bits per heavy atom. The molecule has 1 aliphatic rings. The molecule has 6 heteroatoms. The van der Waals surface area contributed by atoms with Crippen LogP contribution in [0.25, 0.3) is 10.8 Å². The zero-order valence-corrected chi connectivity index (χ0v) is 13.7. The fraction of sp³-hybridized carbons (Fsp3) is 0.333. The molecular weight excluding hydrogens is 308 g/mol. The van der Waals surface area contributed by atoms with Crippen molar-refractivity contribution in [3.63, 3.8) is 0 Å². The molecule has 0 unspecified atom stereocenters. The standard InChI is InChI=1S/C18H20N2O4/c1-3-20(4-2)18(23-16(21)17(22)24-18)12-19-15-11-7-9-13-8-5-6-10-14(13)15/h5-11,19H,3-4,12H2,1-2H3. The van der Waals surface area contributed by atoms with E-state index < -0.39 is 17.8 Å². The summed E-state index contributed by atoms with van der Waals surface area (Å²) >= 11 is 0. The lowest BCUT2D eigenvalue weighted by molar-refractivity contribution is -0.240. The minimum Gasteiger partial charge on any atom is -0.398 e. The number of likely N-dealkylation sites (N-methyl/N-ethyl adjacent to an activating group) is 1. The Balaban J connectivity index is 1.88. The predicted molar refractivity (Wildman–Crippen MR) is 90.3 cm³/mol. The molecule has 0 bridgehead atoms. The number of anilines is 1. The second-order valence-corrected chi connectivity index (χ2v) is 5.54. The summed E-state index contributed by atoms with van der Waals surface area (Å²) in [5.41, 5.74) is 0.888. The molecule has 0 aliphatic carbocycles. The van der Waals surface area contributed by atoms with Crippen molar-refractivity contribution in [1.29, 1.82) is 0 Å². The maximum Gasteiger partial charge on any atom is 0.421 e. The van der Waals surface area contributed by atoms with Crippen LogP contribution >= 0.6 is 0 Å². The van der Waals surface area contributed by atoms with Crippen LogP contribution in [0, 0.1) is 0 Å². The molecule has 1 fully saturated rings. The molecule has 1 saturated heterocycles. The van der Waals surface area contributed by atoms with Crippen LogP contribution < -0.4 is 5.32 Å². The van der Waals surface area contributed by atoms with Gasteiger partial charge in [-0.3, -0.25) is 0 Å². The van der Waals surface area contributed by atoms with Gasteiger partial charge in [-0.1, -0.05) is 50.2 Å². The van der Waals surface area contributed by atoms with Crippen LogP contribution in [0.2, 0.25) is 0 Å². The maximum atomic E-state index is 11.6. The fourth-order valence-corrected chi connectivity index (χ4v) is 3.00. The van der Waals surface area contributed by atoms with Gasteiger partial charge in [0.25, 0.3) is 0 Å². The Bertz CT molecular complexity index is 749. The van der Waals surface area contributed by atoms with Crippen molar-refractivity contribution in [2.75, 3.05) is 25.0 Å². The zero-order chi connectivity index (χ0) is 17.2. The number of fused-ring (bicyclic) bond motifs is 1. The molecule has 1 heterocycles. The highest BCUT2D eigenvalue weighted by molar-refractivity contribution is 6.31. The molecule has 0 spiro atoms. The third-order valence-corrected chi connectivity index (χ3v) is 4.21. The van der Waals surface area contributed by atoms with Crippen LogP contribution in [0.3, 0.4) is 0 Å². The van der Waals surface area contributed by atoms with Gasteiger partial charge in [0, 0.05) is 24.2 Å². The largest absolute Gasteiger partial charge is 0.421 e. The first-order valence-electron chi connectivity index (χ1n) is 8.02. The number of nitrogens with one attached hydrogen (secondary N) is 1. The SMILES string of the molecule is CCN(CC)C1(CNc2cccc3ccccc23)OC(=O)C(=O)O1. The molecule has 2 aromatic carbocycles. The highest BCUT2D eigenvalue weighted by atomic mass is 16.8. The minimum absolute atomic E-state index is 0.153. The molecule has 1 N–H and O–H groups in total. The first kappa shape index (κ1) is 16.3. The summed E-state index contributed by atoms with van der Waals surface area (Å²) in [5.74, 6) is -3.32. The van der Waals surface area contributed by atoms with Gasteiger partial charge in [-0.2, -0.15) is 0 Å². The van der Waals surface area contributed by atoms with Gasteiger partial charge in [0.1, 0.15) is 6.54 Å². The van der Waals surface area contributed by atoms with Crippen LogP contribution in [-0.2, 0) is 19.1 Å². The van der Waals surface area contributed by atoms with Crippen LogP contribution in [0.5, 0.6) is 0 Å². The number of nitrogens with zero attached hydrogens (tertiary/aromatic N) is 1. The molecule has 0 radical (unpaired) electrons. The number of hydrogen-bond donors (Lipinski definition) is 1. The molecular formula is C18H20N2O4. The fourth-order valence-electron chi connectivity index (χ4n) is 3.00. The van der Waals surface area contributed by atoms with Crippen molar-refractivity contribution >= 4 is 28.4 Å². The van der Waals surface area contributed by atoms with E-state index in [1.165, 1.54) is 0 Å². The Hall–Kier alpha value is -2.60. The highest BCUT2D eigenvalue weighted by Crippen LogP contribution is 2.28. The van der Waals surface area contributed by atoms with E-state index in [-0.39, 0.29) is 6.54 Å². The molecule has 2 aromatic rings. The average molecular weight is 328 g/mol. The number of benzene rings is 2. The molecule has 6 nitrogen and oxygen atoms in total. The lowest BCUT2D eigenvalue weighted by atomic mass is 10.1. The van der Waals surface area contributed by atoms with Crippen LogP contribution in [0.1, 0.15) is 13.8 Å². The van der Waals surface area contributed by atoms with E-state index in [0.29, 0.717) is 13.1 Å². The second kappa shape index (κ2) is 6.49. The zero-order valence-electron chi connectivity index (χ0n) is 13.7. The summed E-state index contributed by atoms with van der Waals surface area (Å²) < 4.78 is 10.6. The van der Waals surface area contributed by atoms with E-state index in [0.717, 1.165) is 16.5 Å². The van der Waals surface area contributed by atoms with Crippen molar-refractivity contribution in [1.82, 2.24) is 4.90 Å². The van der Waals surface area contributed by atoms with Gasteiger partial charge in [-0.15, -0.1) is 0 Å². The number of ether oxygens (including phenoxy) is 2. The highest BCUT2D eigenvalue weighted by Gasteiger charge is 2.52. The summed E-state index contributed by atoms with van der Waals surface area (Å²) in [6, 6.07) is 13.9. The van der Waals surface area contributed by atoms with Crippen LogP contribution in [-0.4, -0.2) is 42.4 Å². The summed E-state index contributed by atoms with van der Waals surface area (Å²) in [7, 11) is 0. The first-order valence-corrected chi connectivity index (χ1v) is 8.02. The number of carbonyl (C=O) groups excluding carboxylic acids is 2. The van der Waals surface area contributed by atoms with E-state index in [1.807, 2.05) is 56.3 Å². The van der Waals surface area contributed by atoms with Gasteiger partial charge in [0.2, 0.25) is 0 Å². The van der Waals surface area contributed by atoms with Crippen molar-refractivity contribution in [2.24, 2.45) is 0 Å². The lowest BCUT2D eigenvalue weighted by Crippen LogP contribution is -2.54. The van der Waals surface area contributed by atoms with E-state index in [9.17, 15) is 9.59 Å². The van der Waals surface area contributed by atoms with E-state index in [1.54, 1.807) is 4.90 Å². The summed E-state index contributed by atoms with van der Waals surface area (Å²) in [6.45, 7) is 5.15. The van der Waals surface area contributed by atoms with E-state index in [2.05, 4.69) is 5.32 Å². The van der Waals surface area contributed by atoms with E-state index >= 15 is 0 Å².